The Labute approximate surface area is 103 Å². The SMILES string of the molecule is Cc1ccc(N2CCCCNCC2)cc1Cl. The molecule has 2 nitrogen and oxygen atoms in total. The largest absolute Gasteiger partial charge is 0.370 e. The molecular formula is C13H19ClN2. The van der Waals surface area contributed by atoms with Gasteiger partial charge >= 0.3 is 0 Å². The Hall–Kier alpha value is -0.730. The van der Waals surface area contributed by atoms with Crippen molar-refractivity contribution in [2.45, 2.75) is 19.8 Å². The zero-order valence-electron chi connectivity index (χ0n) is 9.80. The predicted molar refractivity (Wildman–Crippen MR) is 70.5 cm³/mol. The Morgan fingerprint density at radius 2 is 2.06 bits per heavy atom. The van der Waals surface area contributed by atoms with Gasteiger partial charge in [0.25, 0.3) is 0 Å². The van der Waals surface area contributed by atoms with Crippen LogP contribution in [0, 0.1) is 6.92 Å². The zero-order valence-corrected chi connectivity index (χ0v) is 10.6. The molecule has 1 aromatic rings. The molecule has 1 aromatic carbocycles. The van der Waals surface area contributed by atoms with Crippen molar-refractivity contribution < 1.29 is 0 Å². The van der Waals surface area contributed by atoms with Gasteiger partial charge in [0.05, 0.1) is 0 Å². The van der Waals surface area contributed by atoms with Crippen LogP contribution < -0.4 is 10.2 Å². The average molecular weight is 239 g/mol. The predicted octanol–water partition coefficient (Wildman–Crippen LogP) is 2.84. The van der Waals surface area contributed by atoms with Gasteiger partial charge in [-0.15, -0.1) is 0 Å². The molecule has 1 aliphatic heterocycles. The maximum Gasteiger partial charge on any atom is 0.0455 e. The lowest BCUT2D eigenvalue weighted by atomic mass is 10.2. The number of hydrogen-bond donors (Lipinski definition) is 1. The summed E-state index contributed by atoms with van der Waals surface area (Å²) in [5.74, 6) is 0. The van der Waals surface area contributed by atoms with Crippen molar-refractivity contribution in [2.24, 2.45) is 0 Å². The van der Waals surface area contributed by atoms with Crippen molar-refractivity contribution in [3.05, 3.63) is 28.8 Å². The van der Waals surface area contributed by atoms with Crippen molar-refractivity contribution in [3.8, 4) is 0 Å². The monoisotopic (exact) mass is 238 g/mol. The van der Waals surface area contributed by atoms with E-state index in [0.717, 1.165) is 36.8 Å². The Morgan fingerprint density at radius 3 is 2.88 bits per heavy atom. The standard InChI is InChI=1S/C13H19ClN2/c1-11-4-5-12(10-13(11)14)16-8-3-2-6-15-7-9-16/h4-5,10,15H,2-3,6-9H2,1H3. The number of benzene rings is 1. The smallest absolute Gasteiger partial charge is 0.0455 e. The summed E-state index contributed by atoms with van der Waals surface area (Å²) in [6.07, 6.45) is 2.51. The molecule has 16 heavy (non-hydrogen) atoms. The molecule has 0 saturated carbocycles. The molecule has 0 atom stereocenters. The number of aryl methyl sites for hydroxylation is 1. The number of nitrogens with zero attached hydrogens (tertiary/aromatic N) is 1. The lowest BCUT2D eigenvalue weighted by Crippen LogP contribution is -2.36. The highest BCUT2D eigenvalue weighted by atomic mass is 35.5. The minimum atomic E-state index is 0.868. The van der Waals surface area contributed by atoms with Crippen molar-refractivity contribution >= 4 is 17.3 Å². The molecule has 1 fully saturated rings. The Bertz CT molecular complexity index is 344. The summed E-state index contributed by atoms with van der Waals surface area (Å²) >= 11 is 6.16. The Balaban J connectivity index is 2.11. The minimum Gasteiger partial charge on any atom is -0.370 e. The molecule has 0 unspecified atom stereocenters. The van der Waals surface area contributed by atoms with E-state index in [0.29, 0.717) is 0 Å². The van der Waals surface area contributed by atoms with Crippen LogP contribution in [0.3, 0.4) is 0 Å². The number of hydrogen-bond acceptors (Lipinski definition) is 2. The van der Waals surface area contributed by atoms with Crippen LogP contribution in [0.15, 0.2) is 18.2 Å². The fourth-order valence-electron chi connectivity index (χ4n) is 2.04. The Morgan fingerprint density at radius 1 is 1.19 bits per heavy atom. The van der Waals surface area contributed by atoms with E-state index in [2.05, 4.69) is 28.4 Å². The highest BCUT2D eigenvalue weighted by Gasteiger charge is 2.09. The van der Waals surface area contributed by atoms with Crippen LogP contribution in [0.5, 0.6) is 0 Å². The van der Waals surface area contributed by atoms with Gasteiger partial charge in [0, 0.05) is 30.3 Å². The maximum atomic E-state index is 6.16. The molecule has 1 aliphatic rings. The second-order valence-electron chi connectivity index (χ2n) is 4.38. The van der Waals surface area contributed by atoms with Crippen LogP contribution in [0.25, 0.3) is 0 Å². The van der Waals surface area contributed by atoms with E-state index >= 15 is 0 Å². The molecule has 0 spiro atoms. The lowest BCUT2D eigenvalue weighted by molar-refractivity contribution is 0.567. The van der Waals surface area contributed by atoms with Gasteiger partial charge in [0.2, 0.25) is 0 Å². The first-order valence-electron chi connectivity index (χ1n) is 5.99. The van der Waals surface area contributed by atoms with Crippen molar-refractivity contribution in [1.82, 2.24) is 5.32 Å². The van der Waals surface area contributed by atoms with Gasteiger partial charge in [-0.3, -0.25) is 0 Å². The molecule has 0 radical (unpaired) electrons. The number of anilines is 1. The summed E-state index contributed by atoms with van der Waals surface area (Å²) in [5.41, 5.74) is 2.40. The summed E-state index contributed by atoms with van der Waals surface area (Å²) < 4.78 is 0. The van der Waals surface area contributed by atoms with Crippen LogP contribution in [-0.4, -0.2) is 26.2 Å². The second-order valence-corrected chi connectivity index (χ2v) is 4.78. The van der Waals surface area contributed by atoms with Crippen LogP contribution in [0.1, 0.15) is 18.4 Å². The highest BCUT2D eigenvalue weighted by molar-refractivity contribution is 6.31. The van der Waals surface area contributed by atoms with Crippen LogP contribution in [0.4, 0.5) is 5.69 Å². The van der Waals surface area contributed by atoms with Gasteiger partial charge in [-0.05, 0) is 44.0 Å². The molecule has 2 rings (SSSR count). The third kappa shape index (κ3) is 2.89. The fourth-order valence-corrected chi connectivity index (χ4v) is 2.21. The van der Waals surface area contributed by atoms with E-state index in [1.165, 1.54) is 18.5 Å². The normalized spacial score (nSPS) is 18.0. The van der Waals surface area contributed by atoms with Crippen LogP contribution in [-0.2, 0) is 0 Å². The highest BCUT2D eigenvalue weighted by Crippen LogP contribution is 2.23. The summed E-state index contributed by atoms with van der Waals surface area (Å²) in [6.45, 7) is 6.47. The van der Waals surface area contributed by atoms with E-state index in [4.69, 9.17) is 11.6 Å². The second kappa shape index (κ2) is 5.55. The molecule has 1 heterocycles. The summed E-state index contributed by atoms with van der Waals surface area (Å²) in [4.78, 5) is 2.41. The molecule has 0 aliphatic carbocycles. The molecule has 3 heteroatoms. The first kappa shape index (κ1) is 11.7. The third-order valence-corrected chi connectivity index (χ3v) is 3.52. The van der Waals surface area contributed by atoms with Crippen molar-refractivity contribution in [2.75, 3.05) is 31.1 Å². The van der Waals surface area contributed by atoms with E-state index in [1.54, 1.807) is 0 Å². The number of rotatable bonds is 1. The van der Waals surface area contributed by atoms with E-state index in [9.17, 15) is 0 Å². The van der Waals surface area contributed by atoms with Crippen molar-refractivity contribution in [3.63, 3.8) is 0 Å². The quantitative estimate of drug-likeness (QED) is 0.810. The van der Waals surface area contributed by atoms with E-state index < -0.39 is 0 Å². The number of nitrogens with one attached hydrogen (secondary N) is 1. The first-order valence-corrected chi connectivity index (χ1v) is 6.37. The molecular weight excluding hydrogens is 220 g/mol. The van der Waals surface area contributed by atoms with Gasteiger partial charge in [0.1, 0.15) is 0 Å². The van der Waals surface area contributed by atoms with Gasteiger partial charge in [0.15, 0.2) is 0 Å². The zero-order chi connectivity index (χ0) is 11.4. The van der Waals surface area contributed by atoms with Gasteiger partial charge in [-0.1, -0.05) is 17.7 Å². The van der Waals surface area contributed by atoms with Crippen molar-refractivity contribution in [1.29, 1.82) is 0 Å². The lowest BCUT2D eigenvalue weighted by Gasteiger charge is -2.27. The van der Waals surface area contributed by atoms with Gasteiger partial charge < -0.3 is 10.2 Å². The topological polar surface area (TPSA) is 15.3 Å². The minimum absolute atomic E-state index is 0.868. The molecule has 0 amide bonds. The number of halogens is 1. The average Bonchev–Trinajstić information content (AvgIpc) is 2.22. The third-order valence-electron chi connectivity index (χ3n) is 3.11. The Kier molecular flexibility index (Phi) is 4.08. The van der Waals surface area contributed by atoms with Crippen LogP contribution >= 0.6 is 11.6 Å². The molecule has 0 bridgehead atoms. The molecule has 88 valence electrons. The van der Waals surface area contributed by atoms with Gasteiger partial charge in [-0.2, -0.15) is 0 Å². The molecule has 1 N–H and O–H groups in total. The fraction of sp³-hybridized carbons (Fsp3) is 0.538. The summed E-state index contributed by atoms with van der Waals surface area (Å²) in [7, 11) is 0. The molecule has 0 aromatic heterocycles. The van der Waals surface area contributed by atoms with E-state index in [-0.39, 0.29) is 0 Å². The van der Waals surface area contributed by atoms with Crippen LogP contribution in [0.2, 0.25) is 5.02 Å². The van der Waals surface area contributed by atoms with E-state index in [1.807, 2.05) is 6.92 Å². The first-order chi connectivity index (χ1) is 7.77. The molecule has 1 saturated heterocycles. The summed E-state index contributed by atoms with van der Waals surface area (Å²) in [5, 5.41) is 4.31. The maximum absolute atomic E-state index is 6.16. The summed E-state index contributed by atoms with van der Waals surface area (Å²) in [6, 6.07) is 6.35. The van der Waals surface area contributed by atoms with Gasteiger partial charge in [-0.25, -0.2) is 0 Å².